The highest BCUT2D eigenvalue weighted by Gasteiger charge is 2.27. The number of hydrogen-bond donors (Lipinski definition) is 0. The fraction of sp³-hybridized carbons (Fsp3) is 0.357. The normalized spacial score (nSPS) is 19.2. The molecule has 0 saturated carbocycles. The Morgan fingerprint density at radius 2 is 1.56 bits per heavy atom. The highest BCUT2D eigenvalue weighted by molar-refractivity contribution is 7.97. The molecule has 0 radical (unpaired) electrons. The predicted molar refractivity (Wildman–Crippen MR) is 138 cm³/mol. The molecule has 0 N–H and O–H groups in total. The number of rotatable bonds is 8. The van der Waals surface area contributed by atoms with Gasteiger partial charge in [0.1, 0.15) is 5.82 Å². The minimum absolute atomic E-state index is 0.0944. The van der Waals surface area contributed by atoms with Gasteiger partial charge in [0.25, 0.3) is 0 Å². The highest BCUT2D eigenvalue weighted by Crippen LogP contribution is 2.38. The number of fused-ring (bicyclic) bond motifs is 1. The van der Waals surface area contributed by atoms with E-state index < -0.39 is 0 Å². The van der Waals surface area contributed by atoms with E-state index in [9.17, 15) is 4.39 Å². The molecule has 0 spiro atoms. The van der Waals surface area contributed by atoms with Crippen LogP contribution in [0.5, 0.6) is 0 Å². The van der Waals surface area contributed by atoms with E-state index in [0.29, 0.717) is 6.61 Å². The van der Waals surface area contributed by atoms with Gasteiger partial charge in [-0.3, -0.25) is 4.90 Å². The van der Waals surface area contributed by atoms with Gasteiger partial charge in [0.2, 0.25) is 0 Å². The van der Waals surface area contributed by atoms with Gasteiger partial charge in [0.05, 0.1) is 12.7 Å². The van der Waals surface area contributed by atoms with E-state index in [2.05, 4.69) is 62.6 Å². The summed E-state index contributed by atoms with van der Waals surface area (Å²) >= 11 is 1.86. The van der Waals surface area contributed by atoms with Gasteiger partial charge in [-0.1, -0.05) is 48.5 Å². The molecule has 3 aromatic rings. The molecule has 2 heterocycles. The minimum atomic E-state index is -0.173. The van der Waals surface area contributed by atoms with Gasteiger partial charge >= 0.3 is 0 Å². The number of piperazine rings is 1. The molecule has 6 heteroatoms. The summed E-state index contributed by atoms with van der Waals surface area (Å²) in [5, 5.41) is 0. The first kappa shape index (κ1) is 23.4. The number of ether oxygens (including phenoxy) is 1. The molecular formula is C28H32FN3OS. The molecule has 1 fully saturated rings. The molecule has 5 rings (SSSR count). The topological polar surface area (TPSA) is 19.0 Å². The monoisotopic (exact) mass is 477 g/mol. The Kier molecular flexibility index (Phi) is 7.81. The Labute approximate surface area is 206 Å². The average molecular weight is 478 g/mol. The van der Waals surface area contributed by atoms with Crippen LogP contribution in [0, 0.1) is 5.82 Å². The van der Waals surface area contributed by atoms with Gasteiger partial charge in [-0.15, -0.1) is 0 Å². The molecule has 1 saturated heterocycles. The molecule has 178 valence electrons. The molecule has 0 aliphatic carbocycles. The molecule has 2 aliphatic heterocycles. The molecule has 0 amide bonds. The number of halogens is 1. The second-order valence-corrected chi connectivity index (χ2v) is 10.1. The first-order chi connectivity index (χ1) is 16.7. The quantitative estimate of drug-likeness (QED) is 0.391. The van der Waals surface area contributed by atoms with Crippen molar-refractivity contribution in [1.29, 1.82) is 0 Å². The van der Waals surface area contributed by atoms with Crippen LogP contribution in [0.3, 0.4) is 0 Å². The molecule has 4 nitrogen and oxygen atoms in total. The molecule has 0 bridgehead atoms. The van der Waals surface area contributed by atoms with Gasteiger partial charge in [0.15, 0.2) is 0 Å². The Morgan fingerprint density at radius 3 is 2.35 bits per heavy atom. The standard InChI is InChI=1S/C28H32FN3OS/c29-24-11-13-25(14-12-24)31-19-17-30(18-20-31)15-6-16-32-21-27(26-9-4-5-10-28(26)34-32)33-22-23-7-2-1-3-8-23/h1-5,7-14,27H,6,15-22H2. The summed E-state index contributed by atoms with van der Waals surface area (Å²) in [6.45, 7) is 7.78. The number of anilines is 1. The van der Waals surface area contributed by atoms with Crippen molar-refractivity contribution in [3.8, 4) is 0 Å². The van der Waals surface area contributed by atoms with E-state index >= 15 is 0 Å². The number of benzene rings is 3. The lowest BCUT2D eigenvalue weighted by atomic mass is 10.1. The van der Waals surface area contributed by atoms with E-state index in [4.69, 9.17) is 4.74 Å². The maximum Gasteiger partial charge on any atom is 0.123 e. The smallest absolute Gasteiger partial charge is 0.123 e. The molecule has 3 aromatic carbocycles. The fourth-order valence-corrected chi connectivity index (χ4v) is 5.84. The molecule has 1 unspecified atom stereocenters. The predicted octanol–water partition coefficient (Wildman–Crippen LogP) is 5.62. The summed E-state index contributed by atoms with van der Waals surface area (Å²) in [6.07, 6.45) is 1.23. The van der Waals surface area contributed by atoms with Crippen LogP contribution in [0.15, 0.2) is 83.8 Å². The highest BCUT2D eigenvalue weighted by atomic mass is 32.2. The summed E-state index contributed by atoms with van der Waals surface area (Å²) in [4.78, 5) is 6.20. The molecule has 2 aliphatic rings. The van der Waals surface area contributed by atoms with Crippen molar-refractivity contribution >= 4 is 17.6 Å². The minimum Gasteiger partial charge on any atom is -0.369 e. The Morgan fingerprint density at radius 1 is 0.824 bits per heavy atom. The van der Waals surface area contributed by atoms with E-state index in [1.165, 1.54) is 16.0 Å². The van der Waals surface area contributed by atoms with Crippen LogP contribution in [0.2, 0.25) is 0 Å². The van der Waals surface area contributed by atoms with Crippen molar-refractivity contribution in [2.45, 2.75) is 24.0 Å². The van der Waals surface area contributed by atoms with Gasteiger partial charge < -0.3 is 9.64 Å². The molecule has 1 atom stereocenters. The van der Waals surface area contributed by atoms with Crippen LogP contribution in [0.1, 0.15) is 23.7 Å². The Balaban J connectivity index is 1.10. The molecule has 34 heavy (non-hydrogen) atoms. The number of hydrogen-bond acceptors (Lipinski definition) is 5. The second-order valence-electron chi connectivity index (χ2n) is 8.96. The van der Waals surface area contributed by atoms with E-state index in [-0.39, 0.29) is 11.9 Å². The second kappa shape index (κ2) is 11.4. The first-order valence-corrected chi connectivity index (χ1v) is 12.9. The maximum atomic E-state index is 13.2. The summed E-state index contributed by atoms with van der Waals surface area (Å²) in [7, 11) is 0. The zero-order valence-corrected chi connectivity index (χ0v) is 20.3. The zero-order chi connectivity index (χ0) is 23.2. The van der Waals surface area contributed by atoms with Crippen LogP contribution in [-0.2, 0) is 11.3 Å². The first-order valence-electron chi connectivity index (χ1n) is 12.1. The Hall–Kier alpha value is -2.38. The largest absolute Gasteiger partial charge is 0.369 e. The van der Waals surface area contributed by atoms with Crippen molar-refractivity contribution in [1.82, 2.24) is 9.21 Å². The lowest BCUT2D eigenvalue weighted by Gasteiger charge is -2.37. The van der Waals surface area contributed by atoms with Gasteiger partial charge in [-0.2, -0.15) is 0 Å². The third-order valence-electron chi connectivity index (χ3n) is 6.60. The van der Waals surface area contributed by atoms with Crippen LogP contribution < -0.4 is 4.90 Å². The lowest BCUT2D eigenvalue weighted by molar-refractivity contribution is 0.0244. The summed E-state index contributed by atoms with van der Waals surface area (Å²) in [5.74, 6) is -0.173. The summed E-state index contributed by atoms with van der Waals surface area (Å²) in [6, 6.07) is 25.9. The fourth-order valence-electron chi connectivity index (χ4n) is 4.69. The SMILES string of the molecule is Fc1ccc(N2CCN(CCCN3CC(OCc4ccccc4)c4ccccc4S3)CC2)cc1. The van der Waals surface area contributed by atoms with Crippen molar-refractivity contribution in [3.63, 3.8) is 0 Å². The van der Waals surface area contributed by atoms with Crippen molar-refractivity contribution < 1.29 is 9.13 Å². The van der Waals surface area contributed by atoms with Crippen LogP contribution >= 0.6 is 11.9 Å². The third-order valence-corrected chi connectivity index (χ3v) is 7.76. The van der Waals surface area contributed by atoms with Crippen LogP contribution in [0.25, 0.3) is 0 Å². The van der Waals surface area contributed by atoms with Crippen LogP contribution in [0.4, 0.5) is 10.1 Å². The summed E-state index contributed by atoms with van der Waals surface area (Å²) in [5.41, 5.74) is 3.63. The van der Waals surface area contributed by atoms with Crippen molar-refractivity contribution in [2.75, 3.05) is 50.7 Å². The van der Waals surface area contributed by atoms with Gasteiger partial charge in [0, 0.05) is 49.9 Å². The van der Waals surface area contributed by atoms with E-state index in [1.54, 1.807) is 12.1 Å². The van der Waals surface area contributed by atoms with E-state index in [1.807, 2.05) is 30.1 Å². The van der Waals surface area contributed by atoms with Crippen LogP contribution in [-0.4, -0.2) is 55.0 Å². The number of nitrogens with zero attached hydrogens (tertiary/aromatic N) is 3. The summed E-state index contributed by atoms with van der Waals surface area (Å²) < 4.78 is 22.0. The maximum absolute atomic E-state index is 13.2. The third kappa shape index (κ3) is 5.99. The average Bonchev–Trinajstić information content (AvgIpc) is 2.89. The van der Waals surface area contributed by atoms with Gasteiger partial charge in [-0.25, -0.2) is 8.70 Å². The van der Waals surface area contributed by atoms with Crippen molar-refractivity contribution in [3.05, 3.63) is 95.8 Å². The van der Waals surface area contributed by atoms with Gasteiger partial charge in [-0.05, 0) is 66.4 Å². The zero-order valence-electron chi connectivity index (χ0n) is 19.5. The van der Waals surface area contributed by atoms with Crippen molar-refractivity contribution in [2.24, 2.45) is 0 Å². The van der Waals surface area contributed by atoms with E-state index in [0.717, 1.165) is 57.9 Å². The Bertz CT molecular complexity index is 1040. The lowest BCUT2D eigenvalue weighted by Crippen LogP contribution is -2.47. The molecule has 0 aromatic heterocycles. The molecular weight excluding hydrogens is 445 g/mol.